The van der Waals surface area contributed by atoms with E-state index >= 15 is 0 Å². The van der Waals surface area contributed by atoms with Gasteiger partial charge < -0.3 is 4.74 Å². The number of amides is 1. The fraction of sp³-hybridized carbons (Fsp3) is 0.167. The summed E-state index contributed by atoms with van der Waals surface area (Å²) in [7, 11) is -2.98. The summed E-state index contributed by atoms with van der Waals surface area (Å²) in [5.74, 6) is -2.69. The predicted octanol–water partition coefficient (Wildman–Crippen LogP) is 2.29. The Kier molecular flexibility index (Phi) is 5.33. The van der Waals surface area contributed by atoms with Crippen LogP contribution in [-0.2, 0) is 10.0 Å². The molecule has 2 aromatic carbocycles. The summed E-state index contributed by atoms with van der Waals surface area (Å²) in [6.45, 7) is 3.09. The normalized spacial score (nSPS) is 11.3. The molecule has 0 aliphatic heterocycles. The Morgan fingerprint density at radius 2 is 1.86 bits per heavy atom. The highest BCUT2D eigenvalue weighted by Crippen LogP contribution is 2.25. The summed E-state index contributed by atoms with van der Waals surface area (Å²) in [5, 5.41) is 7.31. The van der Waals surface area contributed by atoms with Gasteiger partial charge in [0, 0.05) is 6.07 Å². The number of halogens is 2. The Morgan fingerprint density at radius 3 is 2.52 bits per heavy atom. The van der Waals surface area contributed by atoms with Crippen molar-refractivity contribution in [1.82, 2.24) is 19.7 Å². The maximum absolute atomic E-state index is 14.0. The van der Waals surface area contributed by atoms with Crippen LogP contribution in [0.4, 0.5) is 8.78 Å². The molecule has 0 aliphatic rings. The SMILES string of the molecule is COc1ccc(C)cc1S(=O)(=O)NC(=O)c1nnn(-c2ccc(F)cc2F)c1C. The van der Waals surface area contributed by atoms with Gasteiger partial charge >= 0.3 is 0 Å². The first-order chi connectivity index (χ1) is 13.6. The number of aryl methyl sites for hydroxylation is 1. The number of benzene rings is 2. The van der Waals surface area contributed by atoms with Crippen LogP contribution in [0.25, 0.3) is 5.69 Å². The molecule has 0 spiro atoms. The van der Waals surface area contributed by atoms with Crippen molar-refractivity contribution >= 4 is 15.9 Å². The van der Waals surface area contributed by atoms with Crippen LogP contribution in [0.3, 0.4) is 0 Å². The van der Waals surface area contributed by atoms with Gasteiger partial charge in [0.2, 0.25) is 0 Å². The van der Waals surface area contributed by atoms with Gasteiger partial charge in [0.1, 0.15) is 22.1 Å². The topological polar surface area (TPSA) is 103 Å². The number of hydrogen-bond donors (Lipinski definition) is 1. The molecule has 29 heavy (non-hydrogen) atoms. The van der Waals surface area contributed by atoms with Gasteiger partial charge in [-0.25, -0.2) is 26.6 Å². The number of nitrogens with zero attached hydrogens (tertiary/aromatic N) is 3. The van der Waals surface area contributed by atoms with E-state index in [9.17, 15) is 22.0 Å². The van der Waals surface area contributed by atoms with E-state index in [4.69, 9.17) is 4.74 Å². The van der Waals surface area contributed by atoms with E-state index in [0.29, 0.717) is 11.6 Å². The Morgan fingerprint density at radius 1 is 1.14 bits per heavy atom. The van der Waals surface area contributed by atoms with Gasteiger partial charge in [-0.05, 0) is 43.7 Å². The molecular weight excluding hydrogens is 406 g/mol. The van der Waals surface area contributed by atoms with Gasteiger partial charge in [-0.2, -0.15) is 0 Å². The van der Waals surface area contributed by atoms with E-state index in [1.807, 2.05) is 4.72 Å². The number of ether oxygens (including phenoxy) is 1. The molecule has 0 radical (unpaired) electrons. The van der Waals surface area contributed by atoms with E-state index in [0.717, 1.165) is 16.8 Å². The molecule has 1 amide bonds. The molecule has 0 saturated heterocycles. The zero-order chi connectivity index (χ0) is 21.3. The Hall–Kier alpha value is -3.34. The number of sulfonamides is 1. The highest BCUT2D eigenvalue weighted by Gasteiger charge is 2.26. The first-order valence-electron chi connectivity index (χ1n) is 8.23. The predicted molar refractivity (Wildman–Crippen MR) is 98.4 cm³/mol. The maximum atomic E-state index is 14.0. The maximum Gasteiger partial charge on any atom is 0.287 e. The van der Waals surface area contributed by atoms with Crippen molar-refractivity contribution in [3.8, 4) is 11.4 Å². The Bertz CT molecular complexity index is 1210. The lowest BCUT2D eigenvalue weighted by Gasteiger charge is -2.11. The third-order valence-corrected chi connectivity index (χ3v) is 5.44. The number of carbonyl (C=O) groups is 1. The molecular formula is C18H16F2N4O4S. The average Bonchev–Trinajstić information content (AvgIpc) is 3.03. The fourth-order valence-corrected chi connectivity index (χ4v) is 3.85. The minimum atomic E-state index is -4.28. The van der Waals surface area contributed by atoms with Crippen molar-refractivity contribution in [2.45, 2.75) is 18.7 Å². The second-order valence-corrected chi connectivity index (χ2v) is 7.77. The van der Waals surface area contributed by atoms with Crippen LogP contribution in [0.15, 0.2) is 41.3 Å². The molecule has 0 bridgehead atoms. The highest BCUT2D eigenvalue weighted by molar-refractivity contribution is 7.90. The number of aromatic nitrogens is 3. The molecule has 3 rings (SSSR count). The van der Waals surface area contributed by atoms with Crippen molar-refractivity contribution in [1.29, 1.82) is 0 Å². The number of carbonyl (C=O) groups excluding carboxylic acids is 1. The van der Waals surface area contributed by atoms with Crippen molar-refractivity contribution in [2.75, 3.05) is 7.11 Å². The number of nitrogens with one attached hydrogen (secondary N) is 1. The summed E-state index contributed by atoms with van der Waals surface area (Å²) in [6, 6.07) is 7.28. The molecule has 1 aromatic heterocycles. The smallest absolute Gasteiger partial charge is 0.287 e. The molecule has 0 aliphatic carbocycles. The summed E-state index contributed by atoms with van der Waals surface area (Å²) in [5.41, 5.74) is 0.245. The summed E-state index contributed by atoms with van der Waals surface area (Å²) in [4.78, 5) is 12.3. The summed E-state index contributed by atoms with van der Waals surface area (Å²) >= 11 is 0. The number of hydrogen-bond acceptors (Lipinski definition) is 6. The summed E-state index contributed by atoms with van der Waals surface area (Å²) in [6.07, 6.45) is 0. The molecule has 3 aromatic rings. The molecule has 8 nitrogen and oxygen atoms in total. The van der Waals surface area contributed by atoms with Gasteiger partial charge in [-0.1, -0.05) is 11.3 Å². The van der Waals surface area contributed by atoms with Crippen molar-refractivity contribution in [2.24, 2.45) is 0 Å². The van der Waals surface area contributed by atoms with Crippen LogP contribution < -0.4 is 9.46 Å². The third-order valence-electron chi connectivity index (χ3n) is 4.08. The standard InChI is InChI=1S/C18H16F2N4O4S/c1-10-4-7-15(28-3)16(8-10)29(26,27)22-18(25)17-11(2)24(23-21-17)14-6-5-12(19)9-13(14)20/h4-9H,1-3H3,(H,22,25). The van der Waals surface area contributed by atoms with Crippen LogP contribution in [-0.4, -0.2) is 36.4 Å². The van der Waals surface area contributed by atoms with Gasteiger partial charge in [0.25, 0.3) is 15.9 Å². The van der Waals surface area contributed by atoms with E-state index in [1.165, 1.54) is 26.2 Å². The average molecular weight is 422 g/mol. The lowest BCUT2D eigenvalue weighted by molar-refractivity contribution is 0.0976. The molecule has 1 N–H and O–H groups in total. The molecule has 0 unspecified atom stereocenters. The fourth-order valence-electron chi connectivity index (χ4n) is 2.64. The zero-order valence-corrected chi connectivity index (χ0v) is 16.4. The lowest BCUT2D eigenvalue weighted by Crippen LogP contribution is -2.31. The van der Waals surface area contributed by atoms with E-state index in [-0.39, 0.29) is 27.7 Å². The van der Waals surface area contributed by atoms with Crippen molar-refractivity contribution < 1.29 is 26.7 Å². The van der Waals surface area contributed by atoms with Crippen LogP contribution in [0.2, 0.25) is 0 Å². The molecule has 1 heterocycles. The van der Waals surface area contributed by atoms with Crippen LogP contribution in [0, 0.1) is 25.5 Å². The summed E-state index contributed by atoms with van der Waals surface area (Å²) < 4.78 is 60.4. The minimum absolute atomic E-state index is 0.0599. The highest BCUT2D eigenvalue weighted by atomic mass is 32.2. The van der Waals surface area contributed by atoms with E-state index < -0.39 is 27.6 Å². The Balaban J connectivity index is 1.94. The monoisotopic (exact) mass is 422 g/mol. The molecule has 0 fully saturated rings. The molecule has 0 saturated carbocycles. The minimum Gasteiger partial charge on any atom is -0.495 e. The van der Waals surface area contributed by atoms with Crippen LogP contribution in [0.5, 0.6) is 5.75 Å². The quantitative estimate of drug-likeness (QED) is 0.677. The lowest BCUT2D eigenvalue weighted by atomic mass is 10.2. The van der Waals surface area contributed by atoms with Gasteiger partial charge in [-0.3, -0.25) is 4.79 Å². The van der Waals surface area contributed by atoms with Crippen LogP contribution >= 0.6 is 0 Å². The number of methoxy groups -OCH3 is 1. The van der Waals surface area contributed by atoms with E-state index in [1.54, 1.807) is 13.0 Å². The van der Waals surface area contributed by atoms with Crippen molar-refractivity contribution in [3.63, 3.8) is 0 Å². The van der Waals surface area contributed by atoms with Crippen LogP contribution in [0.1, 0.15) is 21.7 Å². The molecule has 0 atom stereocenters. The third kappa shape index (κ3) is 3.94. The van der Waals surface area contributed by atoms with Gasteiger partial charge in [0.05, 0.1) is 12.8 Å². The van der Waals surface area contributed by atoms with Crippen molar-refractivity contribution in [3.05, 3.63) is 65.0 Å². The molecule has 152 valence electrons. The second-order valence-electron chi connectivity index (χ2n) is 6.12. The first-order valence-corrected chi connectivity index (χ1v) is 9.72. The first kappa shape index (κ1) is 20.4. The largest absolute Gasteiger partial charge is 0.495 e. The Labute approximate surface area is 165 Å². The number of rotatable bonds is 5. The second kappa shape index (κ2) is 7.59. The molecule has 11 heteroatoms. The van der Waals surface area contributed by atoms with E-state index in [2.05, 4.69) is 10.3 Å². The van der Waals surface area contributed by atoms with Gasteiger partial charge in [-0.15, -0.1) is 5.10 Å². The zero-order valence-electron chi connectivity index (χ0n) is 15.6. The van der Waals surface area contributed by atoms with Gasteiger partial charge in [0.15, 0.2) is 11.5 Å².